The predicted molar refractivity (Wildman–Crippen MR) is 142 cm³/mol. The zero-order chi connectivity index (χ0) is 25.1. The van der Waals surface area contributed by atoms with E-state index in [0.29, 0.717) is 27.6 Å². The zero-order valence-corrected chi connectivity index (χ0v) is 20.1. The molecule has 5 rings (SSSR count). The number of anilines is 1. The topological polar surface area (TPSA) is 85.8 Å². The van der Waals surface area contributed by atoms with E-state index in [2.05, 4.69) is 0 Å². The third-order valence-corrected chi connectivity index (χ3v) is 6.28. The van der Waals surface area contributed by atoms with E-state index < -0.39 is 0 Å². The van der Waals surface area contributed by atoms with Gasteiger partial charge in [0.15, 0.2) is 5.78 Å². The second-order valence-electron chi connectivity index (χ2n) is 8.36. The molecule has 0 bridgehead atoms. The molecule has 1 heterocycles. The second-order valence-corrected chi connectivity index (χ2v) is 8.76. The number of amides is 1. The highest BCUT2D eigenvalue weighted by Crippen LogP contribution is 2.31. The molecule has 36 heavy (non-hydrogen) atoms. The van der Waals surface area contributed by atoms with E-state index in [4.69, 9.17) is 26.5 Å². The van der Waals surface area contributed by atoms with Crippen LogP contribution in [-0.4, -0.2) is 36.3 Å². The number of ether oxygens (including phenoxy) is 1. The summed E-state index contributed by atoms with van der Waals surface area (Å²) in [7, 11) is 0. The molecule has 0 aliphatic heterocycles. The molecule has 0 atom stereocenters. The third-order valence-electron chi connectivity index (χ3n) is 5.94. The minimum atomic E-state index is -0.262. The first-order chi connectivity index (χ1) is 17.5. The lowest BCUT2D eigenvalue weighted by Gasteiger charge is -2.22. The number of carbonyl (C=O) groups is 2. The predicted octanol–water partition coefficient (Wildman–Crippen LogP) is 6.23. The summed E-state index contributed by atoms with van der Waals surface area (Å²) in [5.74, 6) is 0.110. The van der Waals surface area contributed by atoms with Crippen LogP contribution in [0, 0.1) is 0 Å². The molecule has 0 aliphatic rings. The van der Waals surface area contributed by atoms with Crippen molar-refractivity contribution in [1.29, 1.82) is 0 Å². The number of ketones is 1. The largest absolute Gasteiger partial charge is 0.492 e. The van der Waals surface area contributed by atoms with Crippen LogP contribution in [0.1, 0.15) is 20.7 Å². The summed E-state index contributed by atoms with van der Waals surface area (Å²) in [5.41, 5.74) is 8.58. The number of nitrogen functional groups attached to an aromatic ring is 1. The fourth-order valence-corrected chi connectivity index (χ4v) is 4.18. The van der Waals surface area contributed by atoms with E-state index in [1.807, 2.05) is 48.5 Å². The fraction of sp³-hybridized carbons (Fsp3) is 0.103. The number of halogens is 1. The summed E-state index contributed by atoms with van der Waals surface area (Å²) in [4.78, 5) is 27.7. The summed E-state index contributed by atoms with van der Waals surface area (Å²) >= 11 is 5.98. The molecule has 1 aromatic heterocycles. The van der Waals surface area contributed by atoms with Crippen LogP contribution in [0.25, 0.3) is 21.9 Å². The van der Waals surface area contributed by atoms with Gasteiger partial charge in [-0.15, -0.1) is 0 Å². The maximum absolute atomic E-state index is 13.2. The van der Waals surface area contributed by atoms with Crippen LogP contribution in [0.3, 0.4) is 0 Å². The maximum Gasteiger partial charge on any atom is 0.254 e. The number of nitrogens with zero attached hydrogens (tertiary/aromatic N) is 1. The minimum absolute atomic E-state index is 0.124. The quantitative estimate of drug-likeness (QED) is 0.202. The molecule has 7 heteroatoms. The number of furan rings is 1. The molecular formula is C29H23ClN2O4. The maximum atomic E-state index is 13.2. The van der Waals surface area contributed by atoms with Crippen LogP contribution in [0.5, 0.6) is 5.75 Å². The lowest BCUT2D eigenvalue weighted by molar-refractivity contribution is 0.0686. The highest BCUT2D eigenvalue weighted by atomic mass is 35.5. The van der Waals surface area contributed by atoms with Crippen LogP contribution in [-0.2, 0) is 0 Å². The van der Waals surface area contributed by atoms with Crippen molar-refractivity contribution in [1.82, 2.24) is 4.90 Å². The smallest absolute Gasteiger partial charge is 0.254 e. The second kappa shape index (κ2) is 10.1. The molecular weight excluding hydrogens is 476 g/mol. The van der Waals surface area contributed by atoms with Gasteiger partial charge in [-0.2, -0.15) is 0 Å². The zero-order valence-electron chi connectivity index (χ0n) is 19.3. The average Bonchev–Trinajstić information content (AvgIpc) is 3.27. The highest BCUT2D eigenvalue weighted by molar-refractivity contribution is 6.33. The Morgan fingerprint density at radius 1 is 0.833 bits per heavy atom. The number of hydrogen-bond acceptors (Lipinski definition) is 5. The first-order valence-corrected chi connectivity index (χ1v) is 11.8. The normalized spacial score (nSPS) is 11.0. The Labute approximate surface area is 212 Å². The van der Waals surface area contributed by atoms with Gasteiger partial charge in [0.05, 0.1) is 23.8 Å². The van der Waals surface area contributed by atoms with Gasteiger partial charge in [0, 0.05) is 28.0 Å². The number of para-hydroxylation sites is 1. The van der Waals surface area contributed by atoms with E-state index in [-0.39, 0.29) is 31.4 Å². The van der Waals surface area contributed by atoms with Gasteiger partial charge in [-0.3, -0.25) is 9.59 Å². The van der Waals surface area contributed by atoms with Crippen molar-refractivity contribution in [2.75, 3.05) is 25.4 Å². The van der Waals surface area contributed by atoms with E-state index >= 15 is 0 Å². The van der Waals surface area contributed by atoms with E-state index in [0.717, 1.165) is 21.9 Å². The number of fused-ring (bicyclic) bond motifs is 3. The number of hydrogen-bond donors (Lipinski definition) is 1. The monoisotopic (exact) mass is 498 g/mol. The van der Waals surface area contributed by atoms with Crippen molar-refractivity contribution in [3.63, 3.8) is 0 Å². The number of nitrogens with two attached hydrogens (primary N) is 1. The molecule has 2 N–H and O–H groups in total. The summed E-state index contributed by atoms with van der Waals surface area (Å²) in [6.07, 6.45) is 0. The molecule has 0 unspecified atom stereocenters. The Morgan fingerprint density at radius 3 is 2.39 bits per heavy atom. The van der Waals surface area contributed by atoms with Gasteiger partial charge in [-0.1, -0.05) is 48.0 Å². The molecule has 0 fully saturated rings. The number of Topliss-reactive ketones (excluding diaryl/α,β-unsaturated/α-hetero) is 1. The Kier molecular flexibility index (Phi) is 6.60. The summed E-state index contributed by atoms with van der Waals surface area (Å²) in [5, 5.41) is 2.42. The van der Waals surface area contributed by atoms with Crippen LogP contribution in [0.4, 0.5) is 5.69 Å². The highest BCUT2D eigenvalue weighted by Gasteiger charge is 2.20. The number of carbonyl (C=O) groups excluding carboxylic acids is 2. The molecule has 0 radical (unpaired) electrons. The molecule has 1 amide bonds. The minimum Gasteiger partial charge on any atom is -0.492 e. The first kappa shape index (κ1) is 23.5. The molecule has 0 saturated carbocycles. The van der Waals surface area contributed by atoms with Gasteiger partial charge < -0.3 is 19.8 Å². The summed E-state index contributed by atoms with van der Waals surface area (Å²) in [6.45, 7) is 0.280. The van der Waals surface area contributed by atoms with Gasteiger partial charge in [0.1, 0.15) is 23.5 Å². The summed E-state index contributed by atoms with van der Waals surface area (Å²) in [6, 6.07) is 27.0. The number of rotatable bonds is 8. The number of benzene rings is 4. The van der Waals surface area contributed by atoms with Crippen molar-refractivity contribution in [2.24, 2.45) is 0 Å². The first-order valence-electron chi connectivity index (χ1n) is 11.5. The molecule has 180 valence electrons. The van der Waals surface area contributed by atoms with Crippen molar-refractivity contribution in [3.05, 3.63) is 107 Å². The summed E-state index contributed by atoms with van der Waals surface area (Å²) < 4.78 is 11.9. The van der Waals surface area contributed by atoms with Crippen molar-refractivity contribution < 1.29 is 18.7 Å². The molecule has 0 saturated heterocycles. The molecule has 0 spiro atoms. The Bertz CT molecular complexity index is 1560. The van der Waals surface area contributed by atoms with Crippen molar-refractivity contribution in [3.8, 4) is 5.75 Å². The van der Waals surface area contributed by atoms with Crippen LogP contribution in [0.15, 0.2) is 95.4 Å². The van der Waals surface area contributed by atoms with Crippen molar-refractivity contribution >= 4 is 50.9 Å². The van der Waals surface area contributed by atoms with Crippen molar-refractivity contribution in [2.45, 2.75) is 0 Å². The Morgan fingerprint density at radius 2 is 1.58 bits per heavy atom. The van der Waals surface area contributed by atoms with Gasteiger partial charge in [0.25, 0.3) is 5.91 Å². The van der Waals surface area contributed by atoms with Crippen LogP contribution in [0.2, 0.25) is 5.02 Å². The fourth-order valence-electron chi connectivity index (χ4n) is 4.07. The van der Waals surface area contributed by atoms with Gasteiger partial charge in [0.2, 0.25) is 0 Å². The Hall–Kier alpha value is -4.29. The molecule has 6 nitrogen and oxygen atoms in total. The van der Waals surface area contributed by atoms with Gasteiger partial charge >= 0.3 is 0 Å². The lowest BCUT2D eigenvalue weighted by Crippen LogP contribution is -2.38. The lowest BCUT2D eigenvalue weighted by atomic mass is 10.1. The molecule has 0 aliphatic carbocycles. The van der Waals surface area contributed by atoms with E-state index in [9.17, 15) is 9.59 Å². The average molecular weight is 499 g/mol. The third kappa shape index (κ3) is 4.90. The molecule has 4 aromatic carbocycles. The van der Waals surface area contributed by atoms with Gasteiger partial charge in [-0.05, 0) is 48.5 Å². The SMILES string of the molecule is Nc1cc(C(=O)CN(CCOc2ccc3c(c2)oc2ccccc23)C(=O)c2ccccc2)ccc1Cl. The van der Waals surface area contributed by atoms with Crippen LogP contribution >= 0.6 is 11.6 Å². The van der Waals surface area contributed by atoms with Crippen LogP contribution < -0.4 is 10.5 Å². The van der Waals surface area contributed by atoms with E-state index in [1.165, 1.54) is 11.0 Å². The Balaban J connectivity index is 1.32. The standard InChI is InChI=1S/C29H23ClN2O4/c30-24-13-10-20(16-25(24)31)26(33)18-32(29(34)19-6-2-1-3-7-19)14-15-35-21-11-12-23-22-8-4-5-9-27(22)36-28(23)17-21/h1-13,16-17H,14-15,18,31H2. The van der Waals surface area contributed by atoms with E-state index in [1.54, 1.807) is 36.4 Å². The molecule has 5 aromatic rings. The van der Waals surface area contributed by atoms with Gasteiger partial charge in [-0.25, -0.2) is 0 Å².